The van der Waals surface area contributed by atoms with Gasteiger partial charge in [-0.2, -0.15) is 0 Å². The number of Topliss-reactive ketones (excluding diaryl/α,β-unsaturated/α-hetero) is 1. The van der Waals surface area contributed by atoms with E-state index in [4.69, 9.17) is 5.73 Å². The molecule has 2 rings (SSSR count). The van der Waals surface area contributed by atoms with Gasteiger partial charge in [-0.05, 0) is 24.6 Å². The summed E-state index contributed by atoms with van der Waals surface area (Å²) in [6.07, 6.45) is -0.744. The quantitative estimate of drug-likeness (QED) is 0.494. The molecule has 1 aromatic carbocycles. The SMILES string of the molecule is C=CCNC(=O)C1N(C[C@H](O)C(=O)Cc2cccc(F)c2)CC(F)(F)[C@]1(C)C(N)=O. The maximum absolute atomic E-state index is 14.7. The Morgan fingerprint density at radius 2 is 2.10 bits per heavy atom. The summed E-state index contributed by atoms with van der Waals surface area (Å²) < 4.78 is 42.7. The number of ketones is 1. The molecule has 4 N–H and O–H groups in total. The molecule has 1 aliphatic heterocycles. The molecule has 1 aromatic rings. The highest BCUT2D eigenvalue weighted by molar-refractivity contribution is 5.94. The van der Waals surface area contributed by atoms with E-state index in [0.29, 0.717) is 5.56 Å². The van der Waals surface area contributed by atoms with E-state index in [2.05, 4.69) is 11.9 Å². The standard InChI is InChI=1S/C20H24F3N3O4/c1-3-7-25-17(29)16-19(2,18(24)30)20(22,23)11-26(16)10-15(28)14(27)9-12-5-4-6-13(21)8-12/h3-6,8,15-16,28H,1,7,9-11H2,2H3,(H2,24,30)(H,25,29)/t15-,16?,19-/m0/s1. The molecule has 1 saturated heterocycles. The number of hydrogen-bond acceptors (Lipinski definition) is 5. The number of hydrogen-bond donors (Lipinski definition) is 3. The molecule has 2 amide bonds. The summed E-state index contributed by atoms with van der Waals surface area (Å²) in [7, 11) is 0. The Labute approximate surface area is 171 Å². The number of nitrogens with two attached hydrogens (primary N) is 1. The van der Waals surface area contributed by atoms with Crippen LogP contribution < -0.4 is 11.1 Å². The van der Waals surface area contributed by atoms with Gasteiger partial charge in [0, 0.05) is 19.5 Å². The minimum Gasteiger partial charge on any atom is -0.384 e. The highest BCUT2D eigenvalue weighted by Gasteiger charge is 2.68. The van der Waals surface area contributed by atoms with Gasteiger partial charge in [-0.3, -0.25) is 19.3 Å². The number of nitrogens with one attached hydrogen (secondary N) is 1. The van der Waals surface area contributed by atoms with Crippen LogP contribution in [0.1, 0.15) is 12.5 Å². The smallest absolute Gasteiger partial charge is 0.276 e. The Bertz CT molecular complexity index is 848. The minimum absolute atomic E-state index is 0.0371. The number of aliphatic hydroxyl groups is 1. The third-order valence-electron chi connectivity index (χ3n) is 5.30. The van der Waals surface area contributed by atoms with Gasteiger partial charge in [0.25, 0.3) is 5.92 Å². The predicted octanol–water partition coefficient (Wildman–Crippen LogP) is 0.411. The van der Waals surface area contributed by atoms with Gasteiger partial charge in [-0.1, -0.05) is 18.2 Å². The van der Waals surface area contributed by atoms with Crippen LogP contribution in [0.3, 0.4) is 0 Å². The Balaban J connectivity index is 2.24. The van der Waals surface area contributed by atoms with E-state index in [1.54, 1.807) is 0 Å². The van der Waals surface area contributed by atoms with Crippen LogP contribution in [0.25, 0.3) is 0 Å². The van der Waals surface area contributed by atoms with E-state index in [0.717, 1.165) is 17.9 Å². The fourth-order valence-corrected chi connectivity index (χ4v) is 3.55. The molecule has 0 spiro atoms. The van der Waals surface area contributed by atoms with E-state index >= 15 is 0 Å². The van der Waals surface area contributed by atoms with Crippen LogP contribution in [-0.2, 0) is 20.8 Å². The monoisotopic (exact) mass is 427 g/mol. The van der Waals surface area contributed by atoms with Gasteiger partial charge in [-0.15, -0.1) is 6.58 Å². The number of primary amides is 1. The molecule has 0 saturated carbocycles. The number of aliphatic hydroxyl groups excluding tert-OH is 1. The number of nitrogens with zero attached hydrogens (tertiary/aromatic N) is 1. The third kappa shape index (κ3) is 4.54. The largest absolute Gasteiger partial charge is 0.384 e. The van der Waals surface area contributed by atoms with Crippen molar-refractivity contribution in [2.24, 2.45) is 11.1 Å². The molecule has 3 atom stereocenters. The molecular formula is C20H24F3N3O4. The molecule has 1 heterocycles. The average molecular weight is 427 g/mol. The highest BCUT2D eigenvalue weighted by Crippen LogP contribution is 2.48. The van der Waals surface area contributed by atoms with E-state index in [-0.39, 0.29) is 13.0 Å². The van der Waals surface area contributed by atoms with Crippen molar-refractivity contribution < 1.29 is 32.7 Å². The highest BCUT2D eigenvalue weighted by atomic mass is 19.3. The normalized spacial score (nSPS) is 24.2. The first-order valence-electron chi connectivity index (χ1n) is 9.19. The van der Waals surface area contributed by atoms with Crippen LogP contribution in [0.4, 0.5) is 13.2 Å². The average Bonchev–Trinajstić information content (AvgIpc) is 2.86. The fraction of sp³-hybridized carbons (Fsp3) is 0.450. The number of halogens is 3. The second kappa shape index (κ2) is 8.97. The van der Waals surface area contributed by atoms with Gasteiger partial charge in [0.2, 0.25) is 11.8 Å². The maximum Gasteiger partial charge on any atom is 0.276 e. The predicted molar refractivity (Wildman–Crippen MR) is 102 cm³/mol. The molecule has 0 aromatic heterocycles. The Morgan fingerprint density at radius 1 is 1.43 bits per heavy atom. The number of carbonyl (C=O) groups excluding carboxylic acids is 3. The lowest BCUT2D eigenvalue weighted by molar-refractivity contribution is -0.153. The Kier molecular flexibility index (Phi) is 7.04. The summed E-state index contributed by atoms with van der Waals surface area (Å²) in [6, 6.07) is 3.47. The molecule has 1 fully saturated rings. The van der Waals surface area contributed by atoms with Crippen molar-refractivity contribution in [3.63, 3.8) is 0 Å². The van der Waals surface area contributed by atoms with Crippen molar-refractivity contribution in [3.8, 4) is 0 Å². The number of β-amino-alcohol motifs (C(OH)–C–C–N with tert-alkyl or cyclic N) is 1. The van der Waals surface area contributed by atoms with E-state index in [1.807, 2.05) is 0 Å². The summed E-state index contributed by atoms with van der Waals surface area (Å²) in [5, 5.41) is 12.6. The van der Waals surface area contributed by atoms with Crippen LogP contribution in [0.5, 0.6) is 0 Å². The number of amides is 2. The second-order valence-corrected chi connectivity index (χ2v) is 7.43. The second-order valence-electron chi connectivity index (χ2n) is 7.43. The topological polar surface area (TPSA) is 113 Å². The van der Waals surface area contributed by atoms with Crippen molar-refractivity contribution in [3.05, 3.63) is 48.3 Å². The van der Waals surface area contributed by atoms with Crippen molar-refractivity contribution in [2.45, 2.75) is 31.4 Å². The van der Waals surface area contributed by atoms with Gasteiger partial charge < -0.3 is 16.2 Å². The lowest BCUT2D eigenvalue weighted by atomic mass is 9.78. The first kappa shape index (κ1) is 23.6. The van der Waals surface area contributed by atoms with Gasteiger partial charge in [0.1, 0.15) is 23.4 Å². The molecule has 30 heavy (non-hydrogen) atoms. The number of rotatable bonds is 9. The van der Waals surface area contributed by atoms with Crippen LogP contribution in [0, 0.1) is 11.2 Å². The van der Waals surface area contributed by atoms with Crippen molar-refractivity contribution in [2.75, 3.05) is 19.6 Å². The Hall–Kier alpha value is -2.72. The van der Waals surface area contributed by atoms with Crippen LogP contribution in [-0.4, -0.2) is 65.3 Å². The number of alkyl halides is 2. The molecule has 1 unspecified atom stereocenters. The molecule has 0 bridgehead atoms. The molecule has 164 valence electrons. The molecule has 10 heteroatoms. The number of carbonyl (C=O) groups is 3. The molecule has 7 nitrogen and oxygen atoms in total. The lowest BCUT2D eigenvalue weighted by Gasteiger charge is -2.33. The zero-order valence-corrected chi connectivity index (χ0v) is 16.4. The summed E-state index contributed by atoms with van der Waals surface area (Å²) >= 11 is 0. The van der Waals surface area contributed by atoms with E-state index in [9.17, 15) is 32.7 Å². The van der Waals surface area contributed by atoms with Gasteiger partial charge in [0.05, 0.1) is 6.54 Å². The van der Waals surface area contributed by atoms with E-state index < -0.39 is 60.0 Å². The minimum atomic E-state index is -3.68. The van der Waals surface area contributed by atoms with Gasteiger partial charge >= 0.3 is 0 Å². The maximum atomic E-state index is 14.7. The Morgan fingerprint density at radius 3 is 2.67 bits per heavy atom. The van der Waals surface area contributed by atoms with Crippen LogP contribution >= 0.6 is 0 Å². The first-order chi connectivity index (χ1) is 13.9. The zero-order chi connectivity index (χ0) is 22.7. The summed E-state index contributed by atoms with van der Waals surface area (Å²) in [5.41, 5.74) is 2.97. The molecular weight excluding hydrogens is 403 g/mol. The summed E-state index contributed by atoms with van der Waals surface area (Å²) in [6.45, 7) is 2.58. The van der Waals surface area contributed by atoms with E-state index in [1.165, 1.54) is 24.3 Å². The molecule has 1 aliphatic rings. The first-order valence-corrected chi connectivity index (χ1v) is 9.19. The molecule has 0 radical (unpaired) electrons. The van der Waals surface area contributed by atoms with Gasteiger partial charge in [-0.25, -0.2) is 13.2 Å². The third-order valence-corrected chi connectivity index (χ3v) is 5.30. The summed E-state index contributed by atoms with van der Waals surface area (Å²) in [4.78, 5) is 37.7. The molecule has 0 aliphatic carbocycles. The van der Waals surface area contributed by atoms with Crippen molar-refractivity contribution >= 4 is 17.6 Å². The van der Waals surface area contributed by atoms with Gasteiger partial charge in [0.15, 0.2) is 5.78 Å². The van der Waals surface area contributed by atoms with Crippen molar-refractivity contribution in [1.82, 2.24) is 10.2 Å². The summed E-state index contributed by atoms with van der Waals surface area (Å²) in [5.74, 6) is -7.28. The number of likely N-dealkylation sites (tertiary alicyclic amines) is 1. The lowest BCUT2D eigenvalue weighted by Crippen LogP contribution is -2.58. The zero-order valence-electron chi connectivity index (χ0n) is 16.4. The van der Waals surface area contributed by atoms with Crippen LogP contribution in [0.2, 0.25) is 0 Å². The van der Waals surface area contributed by atoms with Crippen LogP contribution in [0.15, 0.2) is 36.9 Å². The number of benzene rings is 1. The fourth-order valence-electron chi connectivity index (χ4n) is 3.55. The van der Waals surface area contributed by atoms with Crippen molar-refractivity contribution in [1.29, 1.82) is 0 Å².